The van der Waals surface area contributed by atoms with Gasteiger partial charge in [-0.15, -0.1) is 0 Å². The molecule has 0 saturated heterocycles. The van der Waals surface area contributed by atoms with E-state index in [-0.39, 0.29) is 6.42 Å². The Morgan fingerprint density at radius 1 is 1.23 bits per heavy atom. The van der Waals surface area contributed by atoms with E-state index in [4.69, 9.17) is 11.6 Å². The molecule has 1 aromatic carbocycles. The Bertz CT molecular complexity index is 1210. The van der Waals surface area contributed by atoms with Crippen molar-refractivity contribution in [3.8, 4) is 11.3 Å². The maximum Gasteiger partial charge on any atom is 0.309 e. The fraction of sp³-hybridized carbons (Fsp3) is 0.292. The molecule has 3 heterocycles. The number of carboxylic acids is 1. The number of fused-ring (bicyclic) bond motifs is 1. The molecule has 31 heavy (non-hydrogen) atoms. The van der Waals surface area contributed by atoms with E-state index >= 15 is 0 Å². The molecule has 0 spiro atoms. The van der Waals surface area contributed by atoms with Crippen LogP contribution in [0.2, 0.25) is 5.02 Å². The number of aromatic nitrogens is 2. The first-order valence-corrected chi connectivity index (χ1v) is 10.5. The second-order valence-corrected chi connectivity index (χ2v) is 8.82. The van der Waals surface area contributed by atoms with Crippen molar-refractivity contribution in [1.29, 1.82) is 0 Å². The zero-order valence-electron chi connectivity index (χ0n) is 17.4. The number of carboxylic acid groups (broad SMARTS) is 1. The molecule has 160 valence electrons. The van der Waals surface area contributed by atoms with Crippen LogP contribution in [-0.2, 0) is 11.2 Å². The topological polar surface area (TPSA) is 75.1 Å². The highest BCUT2D eigenvalue weighted by Gasteiger charge is 2.30. The van der Waals surface area contributed by atoms with Crippen LogP contribution in [0.1, 0.15) is 31.5 Å². The average Bonchev–Trinajstić information content (AvgIpc) is 2.77. The molecule has 0 bridgehead atoms. The predicted molar refractivity (Wildman–Crippen MR) is 121 cm³/mol. The van der Waals surface area contributed by atoms with Crippen LogP contribution >= 0.6 is 11.6 Å². The monoisotopic (exact) mass is 439 g/mol. The summed E-state index contributed by atoms with van der Waals surface area (Å²) in [5.74, 6) is -1.29. The predicted octanol–water partition coefficient (Wildman–Crippen LogP) is 5.12. The van der Waals surface area contributed by atoms with Crippen molar-refractivity contribution in [1.82, 2.24) is 15.3 Å². The summed E-state index contributed by atoms with van der Waals surface area (Å²) in [6, 6.07) is 6.58. The van der Waals surface area contributed by atoms with Gasteiger partial charge in [-0.1, -0.05) is 17.7 Å². The summed E-state index contributed by atoms with van der Waals surface area (Å²) in [4.78, 5) is 20.9. The number of aliphatic carboxylic acids is 1. The van der Waals surface area contributed by atoms with Crippen LogP contribution in [0, 0.1) is 11.2 Å². The van der Waals surface area contributed by atoms with E-state index < -0.39 is 17.2 Å². The fourth-order valence-corrected chi connectivity index (χ4v) is 3.95. The first-order chi connectivity index (χ1) is 14.8. The van der Waals surface area contributed by atoms with Crippen molar-refractivity contribution >= 4 is 33.9 Å². The summed E-state index contributed by atoms with van der Waals surface area (Å²) in [6.45, 7) is 5.02. The molecule has 1 aliphatic heterocycles. The van der Waals surface area contributed by atoms with E-state index in [0.29, 0.717) is 27.2 Å². The van der Waals surface area contributed by atoms with E-state index in [1.54, 1.807) is 26.1 Å². The lowest BCUT2D eigenvalue weighted by molar-refractivity contribution is -0.146. The van der Waals surface area contributed by atoms with Crippen LogP contribution in [0.4, 0.5) is 4.39 Å². The Balaban J connectivity index is 1.88. The van der Waals surface area contributed by atoms with Crippen LogP contribution in [-0.4, -0.2) is 34.1 Å². The molecule has 0 aliphatic carbocycles. The largest absolute Gasteiger partial charge is 0.481 e. The maximum atomic E-state index is 14.2. The minimum absolute atomic E-state index is 0.231. The molecule has 0 radical (unpaired) electrons. The third-order valence-electron chi connectivity index (χ3n) is 5.66. The molecule has 0 amide bonds. The third-order valence-corrected chi connectivity index (χ3v) is 5.99. The summed E-state index contributed by atoms with van der Waals surface area (Å²) < 4.78 is 14.2. The Kier molecular flexibility index (Phi) is 5.77. The van der Waals surface area contributed by atoms with E-state index in [2.05, 4.69) is 21.4 Å². The first kappa shape index (κ1) is 21.4. The molecule has 2 N–H and O–H groups in total. The lowest BCUT2D eigenvalue weighted by atomic mass is 9.85. The molecule has 0 fully saturated rings. The number of pyridine rings is 2. The second kappa shape index (κ2) is 8.36. The summed E-state index contributed by atoms with van der Waals surface area (Å²) in [5.41, 5.74) is 3.10. The van der Waals surface area contributed by atoms with Crippen molar-refractivity contribution in [2.24, 2.45) is 5.41 Å². The number of halogens is 2. The molecular weight excluding hydrogens is 417 g/mol. The number of hydrogen-bond acceptors (Lipinski definition) is 4. The highest BCUT2D eigenvalue weighted by atomic mass is 35.5. The van der Waals surface area contributed by atoms with Crippen molar-refractivity contribution in [3.05, 3.63) is 64.8 Å². The summed E-state index contributed by atoms with van der Waals surface area (Å²) in [7, 11) is 0. The minimum atomic E-state index is -1.00. The Morgan fingerprint density at radius 3 is 2.74 bits per heavy atom. The van der Waals surface area contributed by atoms with Gasteiger partial charge in [-0.3, -0.25) is 14.8 Å². The fourth-order valence-electron chi connectivity index (χ4n) is 3.73. The summed E-state index contributed by atoms with van der Waals surface area (Å²) in [6.07, 6.45) is 6.50. The molecule has 2 aromatic heterocycles. The van der Waals surface area contributed by atoms with Crippen LogP contribution in [0.3, 0.4) is 0 Å². The highest BCUT2D eigenvalue weighted by Crippen LogP contribution is 2.34. The van der Waals surface area contributed by atoms with Crippen LogP contribution in [0.15, 0.2) is 42.7 Å². The van der Waals surface area contributed by atoms with Crippen LogP contribution in [0.5, 0.6) is 0 Å². The number of rotatable bonds is 5. The van der Waals surface area contributed by atoms with Gasteiger partial charge in [0.15, 0.2) is 0 Å². The number of nitrogens with one attached hydrogen (secondary N) is 1. The van der Waals surface area contributed by atoms with Gasteiger partial charge >= 0.3 is 5.97 Å². The lowest BCUT2D eigenvalue weighted by Crippen LogP contribution is -2.27. The van der Waals surface area contributed by atoms with Crippen LogP contribution in [0.25, 0.3) is 27.6 Å². The molecule has 3 aromatic rings. The second-order valence-electron chi connectivity index (χ2n) is 8.41. The van der Waals surface area contributed by atoms with Gasteiger partial charge in [0.1, 0.15) is 5.82 Å². The van der Waals surface area contributed by atoms with Crippen molar-refractivity contribution < 1.29 is 14.3 Å². The number of nitrogens with zero attached hydrogens (tertiary/aromatic N) is 2. The Labute approximate surface area is 185 Å². The molecule has 0 atom stereocenters. The standard InChI is InChI=1S/C24H23ClFN3O2/c1-24(2,23(30)31)11-22-17(9-15(12-28-22)14-5-7-27-8-6-14)21-10-16-18(13-29-21)20(26)4-3-19(16)25/h3-5,9-10,12-13,27H,6-8,11H2,1-2H3,(H,30,31). The van der Waals surface area contributed by atoms with Gasteiger partial charge in [0.25, 0.3) is 0 Å². The summed E-state index contributed by atoms with van der Waals surface area (Å²) in [5, 5.41) is 14.2. The van der Waals surface area contributed by atoms with Gasteiger partial charge in [0.05, 0.1) is 16.8 Å². The van der Waals surface area contributed by atoms with E-state index in [0.717, 1.165) is 30.6 Å². The lowest BCUT2D eigenvalue weighted by Gasteiger charge is -2.21. The molecule has 1 aliphatic rings. The smallest absolute Gasteiger partial charge is 0.309 e. The number of carbonyl (C=O) groups is 1. The van der Waals surface area contributed by atoms with Gasteiger partial charge in [0, 0.05) is 46.7 Å². The molecular formula is C24H23ClFN3O2. The molecule has 0 saturated carbocycles. The van der Waals surface area contributed by atoms with Crippen molar-refractivity contribution in [3.63, 3.8) is 0 Å². The van der Waals surface area contributed by atoms with E-state index in [1.165, 1.54) is 23.9 Å². The third kappa shape index (κ3) is 4.31. The summed E-state index contributed by atoms with van der Waals surface area (Å²) >= 11 is 6.33. The van der Waals surface area contributed by atoms with Gasteiger partial charge in [0.2, 0.25) is 0 Å². The average molecular weight is 440 g/mol. The zero-order valence-corrected chi connectivity index (χ0v) is 18.1. The molecule has 4 rings (SSSR count). The number of benzene rings is 1. The van der Waals surface area contributed by atoms with Gasteiger partial charge < -0.3 is 10.4 Å². The minimum Gasteiger partial charge on any atom is -0.481 e. The van der Waals surface area contributed by atoms with Crippen molar-refractivity contribution in [2.75, 3.05) is 13.1 Å². The van der Waals surface area contributed by atoms with Gasteiger partial charge in [-0.25, -0.2) is 4.39 Å². The van der Waals surface area contributed by atoms with E-state index in [9.17, 15) is 14.3 Å². The quantitative estimate of drug-likeness (QED) is 0.577. The van der Waals surface area contributed by atoms with E-state index in [1.807, 2.05) is 6.07 Å². The SMILES string of the molecule is CC(C)(Cc1ncc(C2=CCNCC2)cc1-c1cc2c(Cl)ccc(F)c2cn1)C(=O)O. The maximum absolute atomic E-state index is 14.2. The normalized spacial score (nSPS) is 14.5. The van der Waals surface area contributed by atoms with Gasteiger partial charge in [-0.05, 0) is 62.2 Å². The molecule has 0 unspecified atom stereocenters. The Morgan fingerprint density at radius 2 is 2.03 bits per heavy atom. The number of hydrogen-bond donors (Lipinski definition) is 2. The van der Waals surface area contributed by atoms with Crippen molar-refractivity contribution in [2.45, 2.75) is 26.7 Å². The Hall–Kier alpha value is -2.83. The van der Waals surface area contributed by atoms with Crippen LogP contribution < -0.4 is 5.32 Å². The highest BCUT2D eigenvalue weighted by molar-refractivity contribution is 6.35. The molecule has 5 nitrogen and oxygen atoms in total. The first-order valence-electron chi connectivity index (χ1n) is 10.1. The van der Waals surface area contributed by atoms with Gasteiger partial charge in [-0.2, -0.15) is 0 Å². The zero-order chi connectivity index (χ0) is 22.2. The molecule has 7 heteroatoms.